The molecule has 0 unspecified atom stereocenters. The van der Waals surface area contributed by atoms with Gasteiger partial charge in [-0.25, -0.2) is 4.98 Å². The van der Waals surface area contributed by atoms with Crippen LogP contribution in [0.2, 0.25) is 0 Å². The molecular formula is C29H34N8O5. The Bertz CT molecular complexity index is 1660. The molecule has 4 amide bonds. The summed E-state index contributed by atoms with van der Waals surface area (Å²) in [6.07, 6.45) is 1.05. The van der Waals surface area contributed by atoms with Crippen molar-refractivity contribution < 1.29 is 23.9 Å². The summed E-state index contributed by atoms with van der Waals surface area (Å²) in [6, 6.07) is 11.7. The number of fused-ring (bicyclic) bond motifs is 1. The van der Waals surface area contributed by atoms with Crippen LogP contribution in [0, 0.1) is 6.92 Å². The Balaban J connectivity index is 1.51. The number of hydrogen-bond acceptors (Lipinski definition) is 7. The van der Waals surface area contributed by atoms with Crippen LogP contribution in [-0.2, 0) is 24.3 Å². The molecule has 6 N–H and O–H groups in total. The summed E-state index contributed by atoms with van der Waals surface area (Å²) < 4.78 is 8.92. The lowest BCUT2D eigenvalue weighted by atomic mass is 10.0. The second-order valence-electron chi connectivity index (χ2n) is 9.66. The molecule has 0 aliphatic carbocycles. The van der Waals surface area contributed by atoms with Crippen molar-refractivity contribution in [2.75, 3.05) is 19.0 Å². The average molecular weight is 575 g/mol. The number of anilines is 1. The number of rotatable bonds is 13. The Morgan fingerprint density at radius 2 is 1.81 bits per heavy atom. The Morgan fingerprint density at radius 1 is 1.05 bits per heavy atom. The largest absolute Gasteiger partial charge is 0.494 e. The van der Waals surface area contributed by atoms with E-state index in [1.54, 1.807) is 52.6 Å². The molecule has 4 aromatic rings. The molecule has 0 fully saturated rings. The van der Waals surface area contributed by atoms with Crippen molar-refractivity contribution in [2.45, 2.75) is 46.2 Å². The van der Waals surface area contributed by atoms with E-state index in [0.717, 1.165) is 0 Å². The Morgan fingerprint density at radius 3 is 2.50 bits per heavy atom. The van der Waals surface area contributed by atoms with Gasteiger partial charge in [0.15, 0.2) is 0 Å². The van der Waals surface area contributed by atoms with Gasteiger partial charge in [0.05, 0.1) is 18.3 Å². The first-order chi connectivity index (χ1) is 20.1. The summed E-state index contributed by atoms with van der Waals surface area (Å²) in [7, 11) is 1.47. The third-order valence-electron chi connectivity index (χ3n) is 6.76. The molecule has 13 nitrogen and oxygen atoms in total. The number of carbonyl (C=O) groups is 4. The van der Waals surface area contributed by atoms with E-state index in [0.29, 0.717) is 71.8 Å². The number of aromatic nitrogens is 4. The zero-order valence-corrected chi connectivity index (χ0v) is 23.8. The molecule has 0 aliphatic heterocycles. The fraction of sp³-hybridized carbons (Fsp3) is 0.310. The number of nitrogens with one attached hydrogen (secondary N) is 2. The molecule has 2 aromatic heterocycles. The van der Waals surface area contributed by atoms with Gasteiger partial charge >= 0.3 is 0 Å². The van der Waals surface area contributed by atoms with Gasteiger partial charge in [0.2, 0.25) is 23.7 Å². The molecule has 0 aliphatic rings. The fourth-order valence-corrected chi connectivity index (χ4v) is 4.76. The quantitative estimate of drug-likeness (QED) is 0.176. The molecule has 0 saturated carbocycles. The molecule has 4 rings (SSSR count). The van der Waals surface area contributed by atoms with Crippen LogP contribution in [0.4, 0.5) is 5.95 Å². The van der Waals surface area contributed by atoms with Crippen LogP contribution in [0.25, 0.3) is 11.0 Å². The van der Waals surface area contributed by atoms with Gasteiger partial charge in [0.1, 0.15) is 17.0 Å². The smallest absolute Gasteiger partial charge is 0.276 e. The molecule has 0 saturated heterocycles. The Hall–Kier alpha value is -5.20. The van der Waals surface area contributed by atoms with Crippen LogP contribution in [0.5, 0.6) is 5.75 Å². The standard InChI is InChI=1S/C29H34N8O5/c1-4-37-22(14-17(2)35-37)28(41)34-29-33-21-15-19(26(30)39)16-23(42-3)25(21)36(29)13-7-12-32-24(38)11-10-18-8-5-6-9-20(18)27(31)40/h5-6,8-9,14-16H,4,7,10-13H2,1-3H3,(H2,30,39)(H2,31,40)(H,32,38)(H,33,34,41). The first-order valence-electron chi connectivity index (χ1n) is 13.5. The minimum absolute atomic E-state index is 0.176. The normalized spacial score (nSPS) is 10.9. The minimum Gasteiger partial charge on any atom is -0.494 e. The highest BCUT2D eigenvalue weighted by atomic mass is 16.5. The molecule has 220 valence electrons. The molecule has 0 bridgehead atoms. The molecule has 0 spiro atoms. The zero-order valence-electron chi connectivity index (χ0n) is 23.8. The highest BCUT2D eigenvalue weighted by molar-refractivity contribution is 6.04. The minimum atomic E-state index is -0.640. The van der Waals surface area contributed by atoms with E-state index in [1.807, 2.05) is 6.92 Å². The van der Waals surface area contributed by atoms with Crippen LogP contribution in [-0.4, -0.2) is 56.6 Å². The van der Waals surface area contributed by atoms with Crippen LogP contribution in [0.3, 0.4) is 0 Å². The molecule has 2 heterocycles. The van der Waals surface area contributed by atoms with Crippen LogP contribution < -0.4 is 26.8 Å². The molecular weight excluding hydrogens is 540 g/mol. The number of aryl methyl sites for hydroxylation is 4. The summed E-state index contributed by atoms with van der Waals surface area (Å²) in [5, 5.41) is 10.1. The lowest BCUT2D eigenvalue weighted by Gasteiger charge is -2.13. The number of ether oxygens (including phenoxy) is 1. The Kier molecular flexibility index (Phi) is 9.20. The fourth-order valence-electron chi connectivity index (χ4n) is 4.76. The number of benzene rings is 2. The van der Waals surface area contributed by atoms with Gasteiger partial charge in [-0.2, -0.15) is 5.10 Å². The van der Waals surface area contributed by atoms with Crippen molar-refractivity contribution in [3.05, 3.63) is 70.5 Å². The van der Waals surface area contributed by atoms with Gasteiger partial charge < -0.3 is 26.1 Å². The third-order valence-corrected chi connectivity index (χ3v) is 6.76. The maximum atomic E-state index is 13.2. The summed E-state index contributed by atoms with van der Waals surface area (Å²) in [5.41, 5.74) is 14.3. The maximum absolute atomic E-state index is 13.2. The van der Waals surface area contributed by atoms with E-state index in [4.69, 9.17) is 16.2 Å². The number of amides is 4. The van der Waals surface area contributed by atoms with Gasteiger partial charge in [-0.15, -0.1) is 0 Å². The number of carbonyl (C=O) groups excluding carboxylic acids is 4. The van der Waals surface area contributed by atoms with Crippen molar-refractivity contribution in [2.24, 2.45) is 11.5 Å². The summed E-state index contributed by atoms with van der Waals surface area (Å²) in [5.74, 6) is -1.14. The number of nitrogens with two attached hydrogens (primary N) is 2. The van der Waals surface area contributed by atoms with E-state index in [2.05, 4.69) is 20.7 Å². The van der Waals surface area contributed by atoms with Crippen molar-refractivity contribution in [1.82, 2.24) is 24.6 Å². The zero-order chi connectivity index (χ0) is 30.4. The van der Waals surface area contributed by atoms with Gasteiger partial charge in [-0.05, 0) is 56.5 Å². The first-order valence-corrected chi connectivity index (χ1v) is 13.5. The van der Waals surface area contributed by atoms with E-state index in [9.17, 15) is 19.2 Å². The molecule has 42 heavy (non-hydrogen) atoms. The second kappa shape index (κ2) is 13.0. The van der Waals surface area contributed by atoms with E-state index in [-0.39, 0.29) is 23.8 Å². The van der Waals surface area contributed by atoms with Gasteiger partial charge in [0.25, 0.3) is 5.91 Å². The number of hydrogen-bond donors (Lipinski definition) is 4. The van der Waals surface area contributed by atoms with Crippen LogP contribution in [0.15, 0.2) is 42.5 Å². The monoisotopic (exact) mass is 574 g/mol. The number of nitrogens with zero attached hydrogens (tertiary/aromatic N) is 4. The predicted octanol–water partition coefficient (Wildman–Crippen LogP) is 2.16. The van der Waals surface area contributed by atoms with Crippen LogP contribution in [0.1, 0.15) is 62.2 Å². The summed E-state index contributed by atoms with van der Waals surface area (Å²) >= 11 is 0. The van der Waals surface area contributed by atoms with Crippen molar-refractivity contribution in [3.63, 3.8) is 0 Å². The number of methoxy groups -OCH3 is 1. The number of primary amides is 2. The van der Waals surface area contributed by atoms with Crippen LogP contribution >= 0.6 is 0 Å². The topological polar surface area (TPSA) is 189 Å². The molecule has 2 aromatic carbocycles. The lowest BCUT2D eigenvalue weighted by molar-refractivity contribution is -0.121. The highest BCUT2D eigenvalue weighted by Crippen LogP contribution is 2.31. The molecule has 13 heteroatoms. The second-order valence-corrected chi connectivity index (χ2v) is 9.66. The van der Waals surface area contributed by atoms with Crippen molar-refractivity contribution in [3.8, 4) is 5.75 Å². The number of imidazole rings is 1. The SMILES string of the molecule is CCn1nc(C)cc1C(=O)Nc1nc2cc(C(N)=O)cc(OC)c2n1CCCNC(=O)CCc1ccccc1C(N)=O. The average Bonchev–Trinajstić information content (AvgIpc) is 3.52. The van der Waals surface area contributed by atoms with Crippen molar-refractivity contribution in [1.29, 1.82) is 0 Å². The molecule has 0 atom stereocenters. The highest BCUT2D eigenvalue weighted by Gasteiger charge is 2.21. The lowest BCUT2D eigenvalue weighted by Crippen LogP contribution is -2.26. The predicted molar refractivity (Wildman–Crippen MR) is 156 cm³/mol. The van der Waals surface area contributed by atoms with Gasteiger partial charge in [-0.1, -0.05) is 18.2 Å². The van der Waals surface area contributed by atoms with Gasteiger partial charge in [-0.3, -0.25) is 29.2 Å². The van der Waals surface area contributed by atoms with Crippen molar-refractivity contribution >= 4 is 40.6 Å². The van der Waals surface area contributed by atoms with E-state index >= 15 is 0 Å². The van der Waals surface area contributed by atoms with E-state index in [1.165, 1.54) is 13.2 Å². The molecule has 0 radical (unpaired) electrons. The first kappa shape index (κ1) is 29.8. The summed E-state index contributed by atoms with van der Waals surface area (Å²) in [6.45, 7) is 4.90. The van der Waals surface area contributed by atoms with Gasteiger partial charge in [0, 0.05) is 37.2 Å². The Labute approximate surface area is 242 Å². The summed E-state index contributed by atoms with van der Waals surface area (Å²) in [4.78, 5) is 53.9. The van der Waals surface area contributed by atoms with E-state index < -0.39 is 17.7 Å². The maximum Gasteiger partial charge on any atom is 0.276 e. The third kappa shape index (κ3) is 6.57.